The first-order chi connectivity index (χ1) is 11.7. The van der Waals surface area contributed by atoms with Gasteiger partial charge in [-0.05, 0) is 6.42 Å². The molecule has 2 aliphatic heterocycles. The Morgan fingerprint density at radius 1 is 1.25 bits per heavy atom. The Kier molecular flexibility index (Phi) is 4.06. The van der Waals surface area contributed by atoms with Crippen LogP contribution in [0.25, 0.3) is 11.2 Å². The van der Waals surface area contributed by atoms with Crippen LogP contribution >= 0.6 is 0 Å². The van der Waals surface area contributed by atoms with Crippen molar-refractivity contribution in [1.82, 2.24) is 19.5 Å². The SMILES string of the molecule is OC[C@H]1OC(n2cnc3c(N[C@@H]4CCOC4)ncnc32)[C@H](O)[C@@H]1O. The topological polar surface area (TPSA) is 135 Å². The minimum Gasteiger partial charge on any atom is -0.394 e. The van der Waals surface area contributed by atoms with Gasteiger partial charge in [0, 0.05) is 6.61 Å². The first-order valence-electron chi connectivity index (χ1n) is 7.83. The van der Waals surface area contributed by atoms with E-state index in [1.54, 1.807) is 0 Å². The van der Waals surface area contributed by atoms with Gasteiger partial charge in [0.2, 0.25) is 0 Å². The Morgan fingerprint density at radius 3 is 2.83 bits per heavy atom. The van der Waals surface area contributed by atoms with E-state index in [1.807, 2.05) is 0 Å². The maximum Gasteiger partial charge on any atom is 0.167 e. The Bertz CT molecular complexity index is 719. The number of hydrogen-bond acceptors (Lipinski definition) is 9. The Labute approximate surface area is 137 Å². The number of ether oxygens (including phenoxy) is 2. The molecule has 0 aliphatic carbocycles. The third-order valence-electron chi connectivity index (χ3n) is 4.42. The highest BCUT2D eigenvalue weighted by Crippen LogP contribution is 2.32. The summed E-state index contributed by atoms with van der Waals surface area (Å²) in [5.41, 5.74) is 1.02. The molecule has 24 heavy (non-hydrogen) atoms. The summed E-state index contributed by atoms with van der Waals surface area (Å²) in [5.74, 6) is 0.584. The lowest BCUT2D eigenvalue weighted by molar-refractivity contribution is -0.0511. The summed E-state index contributed by atoms with van der Waals surface area (Å²) in [7, 11) is 0. The van der Waals surface area contributed by atoms with Crippen LogP contribution in [0.15, 0.2) is 12.7 Å². The van der Waals surface area contributed by atoms with Gasteiger partial charge in [-0.1, -0.05) is 0 Å². The third-order valence-corrected chi connectivity index (χ3v) is 4.42. The molecule has 0 bridgehead atoms. The molecule has 2 fully saturated rings. The van der Waals surface area contributed by atoms with Gasteiger partial charge in [0.15, 0.2) is 23.2 Å². The molecular weight excluding hydrogens is 318 g/mol. The normalized spacial score (nSPS) is 33.4. The Morgan fingerprint density at radius 2 is 2.12 bits per heavy atom. The lowest BCUT2D eigenvalue weighted by Crippen LogP contribution is -2.33. The molecule has 4 N–H and O–H groups in total. The molecule has 2 aromatic heterocycles. The lowest BCUT2D eigenvalue weighted by Gasteiger charge is -2.16. The summed E-state index contributed by atoms with van der Waals surface area (Å²) >= 11 is 0. The maximum absolute atomic E-state index is 10.2. The van der Waals surface area contributed by atoms with Gasteiger partial charge in [0.25, 0.3) is 0 Å². The zero-order chi connectivity index (χ0) is 16.7. The number of aromatic nitrogens is 4. The van der Waals surface area contributed by atoms with E-state index in [0.717, 1.165) is 6.42 Å². The smallest absolute Gasteiger partial charge is 0.167 e. The monoisotopic (exact) mass is 337 g/mol. The van der Waals surface area contributed by atoms with E-state index in [-0.39, 0.29) is 12.6 Å². The van der Waals surface area contributed by atoms with E-state index in [0.29, 0.717) is 30.2 Å². The second-order valence-corrected chi connectivity index (χ2v) is 5.98. The summed E-state index contributed by atoms with van der Waals surface area (Å²) in [5, 5.41) is 32.6. The fourth-order valence-electron chi connectivity index (χ4n) is 3.10. The molecule has 130 valence electrons. The molecule has 4 heterocycles. The number of aliphatic hydroxyl groups excluding tert-OH is 3. The highest BCUT2D eigenvalue weighted by molar-refractivity contribution is 5.82. The number of aliphatic hydroxyl groups is 3. The molecule has 0 amide bonds. The van der Waals surface area contributed by atoms with Crippen molar-refractivity contribution in [3.63, 3.8) is 0 Å². The van der Waals surface area contributed by atoms with E-state index >= 15 is 0 Å². The van der Waals surface area contributed by atoms with Crippen molar-refractivity contribution >= 4 is 17.0 Å². The molecule has 4 rings (SSSR count). The number of nitrogens with zero attached hydrogens (tertiary/aromatic N) is 4. The van der Waals surface area contributed by atoms with E-state index in [1.165, 1.54) is 17.2 Å². The average Bonchev–Trinajstić information content (AvgIpc) is 3.30. The highest BCUT2D eigenvalue weighted by atomic mass is 16.6. The number of hydrogen-bond donors (Lipinski definition) is 4. The van der Waals surface area contributed by atoms with Gasteiger partial charge < -0.3 is 30.1 Å². The van der Waals surface area contributed by atoms with Crippen LogP contribution in [-0.4, -0.2) is 79.0 Å². The van der Waals surface area contributed by atoms with Crippen LogP contribution in [0.4, 0.5) is 5.82 Å². The van der Waals surface area contributed by atoms with Crippen LogP contribution in [0.3, 0.4) is 0 Å². The highest BCUT2D eigenvalue weighted by Gasteiger charge is 2.44. The molecule has 1 unspecified atom stereocenters. The van der Waals surface area contributed by atoms with Crippen molar-refractivity contribution in [2.45, 2.75) is 37.0 Å². The molecule has 0 aromatic carbocycles. The summed E-state index contributed by atoms with van der Waals surface area (Å²) in [4.78, 5) is 12.8. The van der Waals surface area contributed by atoms with Crippen molar-refractivity contribution in [3.8, 4) is 0 Å². The zero-order valence-corrected chi connectivity index (χ0v) is 12.8. The quantitative estimate of drug-likeness (QED) is 0.533. The fraction of sp³-hybridized carbons (Fsp3) is 0.643. The van der Waals surface area contributed by atoms with Crippen molar-refractivity contribution in [2.75, 3.05) is 25.1 Å². The second-order valence-electron chi connectivity index (χ2n) is 5.98. The van der Waals surface area contributed by atoms with E-state index in [2.05, 4.69) is 20.3 Å². The van der Waals surface area contributed by atoms with Crippen LogP contribution in [0.2, 0.25) is 0 Å². The summed E-state index contributed by atoms with van der Waals surface area (Å²) in [6.07, 6.45) is -0.310. The van der Waals surface area contributed by atoms with Crippen molar-refractivity contribution in [1.29, 1.82) is 0 Å². The van der Waals surface area contributed by atoms with Crippen LogP contribution in [0.1, 0.15) is 12.6 Å². The van der Waals surface area contributed by atoms with E-state index in [9.17, 15) is 15.3 Å². The number of imidazole rings is 1. The third kappa shape index (κ3) is 2.52. The summed E-state index contributed by atoms with van der Waals surface area (Å²) in [6.45, 7) is 0.939. The predicted molar refractivity (Wildman–Crippen MR) is 81.2 cm³/mol. The Hall–Kier alpha value is -1.85. The molecule has 2 saturated heterocycles. The van der Waals surface area contributed by atoms with Gasteiger partial charge in [-0.2, -0.15) is 0 Å². The number of anilines is 1. The molecule has 0 spiro atoms. The molecule has 0 radical (unpaired) electrons. The standard InChI is InChI=1S/C14H19N5O5/c20-3-8-10(21)11(22)14(24-8)19-6-17-9-12(15-5-16-13(9)19)18-7-1-2-23-4-7/h5-8,10-11,14,20-22H,1-4H2,(H,15,16,18)/t7-,8-,10-,11-,14?/m1/s1. The largest absolute Gasteiger partial charge is 0.394 e. The average molecular weight is 337 g/mol. The minimum absolute atomic E-state index is 0.169. The Balaban J connectivity index is 1.65. The van der Waals surface area contributed by atoms with Crippen LogP contribution in [0.5, 0.6) is 0 Å². The molecule has 2 aliphatic rings. The van der Waals surface area contributed by atoms with Gasteiger partial charge in [0.05, 0.1) is 25.6 Å². The van der Waals surface area contributed by atoms with Gasteiger partial charge >= 0.3 is 0 Å². The van der Waals surface area contributed by atoms with E-state index in [4.69, 9.17) is 9.47 Å². The van der Waals surface area contributed by atoms with Crippen LogP contribution in [-0.2, 0) is 9.47 Å². The molecule has 2 aromatic rings. The zero-order valence-electron chi connectivity index (χ0n) is 12.8. The fourth-order valence-corrected chi connectivity index (χ4v) is 3.10. The summed E-state index contributed by atoms with van der Waals surface area (Å²) in [6, 6.07) is 0.169. The maximum atomic E-state index is 10.2. The molecule has 0 saturated carbocycles. The van der Waals surface area contributed by atoms with Crippen LogP contribution in [0, 0.1) is 0 Å². The van der Waals surface area contributed by atoms with E-state index < -0.39 is 24.5 Å². The number of fused-ring (bicyclic) bond motifs is 1. The molecule has 10 nitrogen and oxygen atoms in total. The minimum atomic E-state index is -1.19. The van der Waals surface area contributed by atoms with Crippen LogP contribution < -0.4 is 5.32 Å². The van der Waals surface area contributed by atoms with Crippen molar-refractivity contribution in [3.05, 3.63) is 12.7 Å². The molecular formula is C14H19N5O5. The lowest BCUT2D eigenvalue weighted by atomic mass is 10.1. The van der Waals surface area contributed by atoms with Gasteiger partial charge in [-0.25, -0.2) is 15.0 Å². The first kappa shape index (κ1) is 15.7. The van der Waals surface area contributed by atoms with Gasteiger partial charge in [-0.3, -0.25) is 4.57 Å². The number of rotatable bonds is 4. The second kappa shape index (κ2) is 6.22. The van der Waals surface area contributed by atoms with Gasteiger partial charge in [-0.15, -0.1) is 0 Å². The van der Waals surface area contributed by atoms with Gasteiger partial charge in [0.1, 0.15) is 24.6 Å². The predicted octanol–water partition coefficient (Wildman–Crippen LogP) is -1.36. The molecule has 5 atom stereocenters. The first-order valence-corrected chi connectivity index (χ1v) is 7.83. The number of nitrogens with one attached hydrogen (secondary N) is 1. The summed E-state index contributed by atoms with van der Waals surface area (Å²) < 4.78 is 12.4. The molecule has 10 heteroatoms. The van der Waals surface area contributed by atoms with Crippen molar-refractivity contribution < 1.29 is 24.8 Å². The van der Waals surface area contributed by atoms with Crippen molar-refractivity contribution in [2.24, 2.45) is 0 Å².